The zero-order valence-corrected chi connectivity index (χ0v) is 9.15. The Morgan fingerprint density at radius 1 is 1.38 bits per heavy atom. The second-order valence-electron chi connectivity index (χ2n) is 3.45. The van der Waals surface area contributed by atoms with Crippen molar-refractivity contribution in [1.82, 2.24) is 4.57 Å². The van der Waals surface area contributed by atoms with Crippen LogP contribution in [0.25, 0.3) is 10.9 Å². The molecule has 0 amide bonds. The van der Waals surface area contributed by atoms with E-state index in [2.05, 4.69) is 0 Å². The number of ketones is 1. The van der Waals surface area contributed by atoms with Crippen molar-refractivity contribution in [2.75, 3.05) is 0 Å². The Balaban J connectivity index is 2.75. The number of aliphatic carboxylic acids is 1. The fraction of sp³-hybridized carbons (Fsp3) is 0.0909. The van der Waals surface area contributed by atoms with Crippen LogP contribution >= 0.6 is 11.6 Å². The van der Waals surface area contributed by atoms with E-state index >= 15 is 0 Å². The third kappa shape index (κ3) is 1.57. The quantitative estimate of drug-likeness (QED) is 0.643. The third-order valence-electron chi connectivity index (χ3n) is 2.39. The lowest BCUT2D eigenvalue weighted by Gasteiger charge is -1.96. The molecule has 0 unspecified atom stereocenters. The molecule has 1 aromatic carbocycles. The van der Waals surface area contributed by atoms with Crippen molar-refractivity contribution in [3.8, 4) is 0 Å². The molecule has 2 aromatic rings. The number of carbonyl (C=O) groups is 2. The number of nitrogens with zero attached hydrogens (tertiary/aromatic N) is 1. The lowest BCUT2D eigenvalue weighted by atomic mass is 10.1. The van der Waals surface area contributed by atoms with Crippen LogP contribution in [0.15, 0.2) is 24.4 Å². The fourth-order valence-corrected chi connectivity index (χ4v) is 1.83. The van der Waals surface area contributed by atoms with Crippen LogP contribution in [0, 0.1) is 0 Å². The first-order valence-electron chi connectivity index (χ1n) is 4.53. The van der Waals surface area contributed by atoms with Gasteiger partial charge in [-0.3, -0.25) is 4.79 Å². The number of carbonyl (C=O) groups excluding carboxylic acids is 1. The Labute approximate surface area is 96.0 Å². The maximum Gasteiger partial charge on any atom is 0.377 e. The topological polar surface area (TPSA) is 59.3 Å². The van der Waals surface area contributed by atoms with Crippen LogP contribution in [0.5, 0.6) is 0 Å². The number of aromatic nitrogens is 1. The van der Waals surface area contributed by atoms with E-state index in [1.807, 2.05) is 0 Å². The van der Waals surface area contributed by atoms with Gasteiger partial charge in [0.15, 0.2) is 0 Å². The van der Waals surface area contributed by atoms with Crippen LogP contribution in [0.4, 0.5) is 0 Å². The molecule has 0 saturated carbocycles. The van der Waals surface area contributed by atoms with Crippen molar-refractivity contribution >= 4 is 34.3 Å². The second kappa shape index (κ2) is 3.64. The van der Waals surface area contributed by atoms with Gasteiger partial charge in [0, 0.05) is 29.2 Å². The molecular weight excluding hydrogens is 230 g/mol. The second-order valence-corrected chi connectivity index (χ2v) is 3.89. The van der Waals surface area contributed by atoms with Crippen molar-refractivity contribution in [2.24, 2.45) is 7.05 Å². The number of hydrogen-bond acceptors (Lipinski definition) is 2. The molecule has 0 saturated heterocycles. The molecule has 0 spiro atoms. The van der Waals surface area contributed by atoms with Gasteiger partial charge in [0.2, 0.25) is 0 Å². The number of fused-ring (bicyclic) bond motifs is 1. The molecule has 0 radical (unpaired) electrons. The maximum atomic E-state index is 11.4. The van der Waals surface area contributed by atoms with E-state index in [0.717, 1.165) is 5.52 Å². The molecular formula is C11H8ClNO3. The van der Waals surface area contributed by atoms with Crippen LogP contribution in [-0.4, -0.2) is 21.4 Å². The number of Topliss-reactive ketones (excluding diaryl/α,β-unsaturated/α-hetero) is 1. The van der Waals surface area contributed by atoms with Crippen molar-refractivity contribution in [2.45, 2.75) is 0 Å². The van der Waals surface area contributed by atoms with Gasteiger partial charge in [0.1, 0.15) is 0 Å². The van der Waals surface area contributed by atoms with Gasteiger partial charge in [-0.25, -0.2) is 4.79 Å². The number of benzene rings is 1. The van der Waals surface area contributed by atoms with Crippen LogP contribution in [-0.2, 0) is 11.8 Å². The number of carboxylic acids is 1. The minimum Gasteiger partial charge on any atom is -0.475 e. The van der Waals surface area contributed by atoms with Crippen molar-refractivity contribution < 1.29 is 14.7 Å². The molecule has 0 aliphatic heterocycles. The summed E-state index contributed by atoms with van der Waals surface area (Å²) in [5, 5.41) is 9.71. The summed E-state index contributed by atoms with van der Waals surface area (Å²) in [6, 6.07) is 5.03. The average molecular weight is 238 g/mol. The smallest absolute Gasteiger partial charge is 0.377 e. The van der Waals surface area contributed by atoms with E-state index in [9.17, 15) is 9.59 Å². The molecule has 1 aromatic heterocycles. The highest BCUT2D eigenvalue weighted by Crippen LogP contribution is 2.24. The summed E-state index contributed by atoms with van der Waals surface area (Å²) in [7, 11) is 1.74. The molecule has 4 nitrogen and oxygen atoms in total. The summed E-state index contributed by atoms with van der Waals surface area (Å²) >= 11 is 5.82. The highest BCUT2D eigenvalue weighted by atomic mass is 35.5. The average Bonchev–Trinajstić information content (AvgIpc) is 2.54. The number of carboxylic acid groups (broad SMARTS) is 1. The Kier molecular flexibility index (Phi) is 2.44. The first kappa shape index (κ1) is 10.7. The molecule has 82 valence electrons. The van der Waals surface area contributed by atoms with Crippen LogP contribution in [0.2, 0.25) is 5.02 Å². The van der Waals surface area contributed by atoms with Crippen molar-refractivity contribution in [3.05, 3.63) is 35.0 Å². The van der Waals surface area contributed by atoms with E-state index in [0.29, 0.717) is 10.4 Å². The minimum atomic E-state index is -1.47. The maximum absolute atomic E-state index is 11.4. The summed E-state index contributed by atoms with van der Waals surface area (Å²) < 4.78 is 1.70. The SMILES string of the molecule is Cn1cc(C(=O)C(=O)O)c2cc(Cl)ccc21. The summed E-state index contributed by atoms with van der Waals surface area (Å²) in [5.41, 5.74) is 0.932. The van der Waals surface area contributed by atoms with Gasteiger partial charge in [0.25, 0.3) is 5.78 Å². The predicted molar refractivity (Wildman–Crippen MR) is 59.9 cm³/mol. The van der Waals surface area contributed by atoms with Crippen LogP contribution < -0.4 is 0 Å². The minimum absolute atomic E-state index is 0.160. The van der Waals surface area contributed by atoms with Gasteiger partial charge in [-0.1, -0.05) is 11.6 Å². The number of aryl methyl sites for hydroxylation is 1. The summed E-state index contributed by atoms with van der Waals surface area (Å²) in [4.78, 5) is 22.1. The molecule has 0 aliphatic rings. The highest BCUT2D eigenvalue weighted by molar-refractivity contribution is 6.42. The molecule has 2 rings (SSSR count). The van der Waals surface area contributed by atoms with Crippen LogP contribution in [0.1, 0.15) is 10.4 Å². The predicted octanol–water partition coefficient (Wildman–Crippen LogP) is 2.10. The number of halogens is 1. The number of hydrogen-bond donors (Lipinski definition) is 1. The Morgan fingerprint density at radius 3 is 2.69 bits per heavy atom. The molecule has 5 heteroatoms. The molecule has 0 atom stereocenters. The molecule has 0 bridgehead atoms. The monoisotopic (exact) mass is 237 g/mol. The Hall–Kier alpha value is -1.81. The van der Waals surface area contributed by atoms with E-state index in [1.165, 1.54) is 6.20 Å². The van der Waals surface area contributed by atoms with Gasteiger partial charge in [-0.15, -0.1) is 0 Å². The molecule has 16 heavy (non-hydrogen) atoms. The fourth-order valence-electron chi connectivity index (χ4n) is 1.66. The van der Waals surface area contributed by atoms with E-state index < -0.39 is 11.8 Å². The van der Waals surface area contributed by atoms with E-state index in [-0.39, 0.29) is 5.56 Å². The lowest BCUT2D eigenvalue weighted by molar-refractivity contribution is -0.131. The van der Waals surface area contributed by atoms with Gasteiger partial charge in [-0.2, -0.15) is 0 Å². The molecule has 1 heterocycles. The molecule has 0 aliphatic carbocycles. The molecule has 1 N–H and O–H groups in total. The normalized spacial score (nSPS) is 10.6. The van der Waals surface area contributed by atoms with Crippen molar-refractivity contribution in [1.29, 1.82) is 0 Å². The zero-order chi connectivity index (χ0) is 11.9. The standard InChI is InChI=1S/C11H8ClNO3/c1-13-5-8(10(14)11(15)16)7-4-6(12)2-3-9(7)13/h2-5H,1H3,(H,15,16). The van der Waals surface area contributed by atoms with Gasteiger partial charge >= 0.3 is 5.97 Å². The Morgan fingerprint density at radius 2 is 2.06 bits per heavy atom. The Bertz CT molecular complexity index is 601. The van der Waals surface area contributed by atoms with Crippen LogP contribution in [0.3, 0.4) is 0 Å². The summed E-state index contributed by atoms with van der Waals surface area (Å²) in [6.45, 7) is 0. The zero-order valence-electron chi connectivity index (χ0n) is 8.40. The first-order valence-corrected chi connectivity index (χ1v) is 4.90. The van der Waals surface area contributed by atoms with E-state index in [1.54, 1.807) is 29.8 Å². The summed E-state index contributed by atoms with van der Waals surface area (Å²) in [5.74, 6) is -2.39. The van der Waals surface area contributed by atoms with E-state index in [4.69, 9.17) is 16.7 Å². The van der Waals surface area contributed by atoms with Gasteiger partial charge in [-0.05, 0) is 18.2 Å². The lowest BCUT2D eigenvalue weighted by Crippen LogP contribution is -2.12. The van der Waals surface area contributed by atoms with Gasteiger partial charge < -0.3 is 9.67 Å². The first-order chi connectivity index (χ1) is 7.50. The third-order valence-corrected chi connectivity index (χ3v) is 2.63. The van der Waals surface area contributed by atoms with Gasteiger partial charge in [0.05, 0.1) is 5.56 Å². The van der Waals surface area contributed by atoms with Crippen molar-refractivity contribution in [3.63, 3.8) is 0 Å². The summed E-state index contributed by atoms with van der Waals surface area (Å²) in [6.07, 6.45) is 1.50. The largest absolute Gasteiger partial charge is 0.475 e. The number of rotatable bonds is 2. The molecule has 0 fully saturated rings. The highest BCUT2D eigenvalue weighted by Gasteiger charge is 2.19.